The molecule has 25 heavy (non-hydrogen) atoms. The summed E-state index contributed by atoms with van der Waals surface area (Å²) >= 11 is 0. The van der Waals surface area contributed by atoms with Crippen LogP contribution >= 0.6 is 0 Å². The zero-order valence-electron chi connectivity index (χ0n) is 15.2. The standard InChI is InChI=1S/C20H23N3O2/c1-5-8-15-11-17(20(24)25-6-2)22-19-16(12-21-23(15)19)18-13(3)9-7-10-14(18)4/h7,9-12H,5-6,8H2,1-4H3. The molecular weight excluding hydrogens is 314 g/mol. The molecule has 0 unspecified atom stereocenters. The van der Waals surface area contributed by atoms with Crippen LogP contribution in [0.4, 0.5) is 0 Å². The Kier molecular flexibility index (Phi) is 4.83. The minimum atomic E-state index is -0.393. The second kappa shape index (κ2) is 7.05. The van der Waals surface area contributed by atoms with E-state index < -0.39 is 5.97 Å². The van der Waals surface area contributed by atoms with Gasteiger partial charge in [-0.05, 0) is 49.9 Å². The highest BCUT2D eigenvalue weighted by molar-refractivity contribution is 5.89. The van der Waals surface area contributed by atoms with Gasteiger partial charge in [0.2, 0.25) is 0 Å². The van der Waals surface area contributed by atoms with Crippen LogP contribution in [0.1, 0.15) is 47.6 Å². The Morgan fingerprint density at radius 3 is 2.56 bits per heavy atom. The number of hydrogen-bond donors (Lipinski definition) is 0. The zero-order valence-corrected chi connectivity index (χ0v) is 15.2. The molecule has 1 aromatic carbocycles. The van der Waals surface area contributed by atoms with Crippen LogP contribution < -0.4 is 0 Å². The molecule has 130 valence electrons. The number of rotatable bonds is 5. The fourth-order valence-electron chi connectivity index (χ4n) is 3.18. The third-order valence-electron chi connectivity index (χ3n) is 4.29. The predicted octanol–water partition coefficient (Wildman–Crippen LogP) is 4.14. The van der Waals surface area contributed by atoms with Gasteiger partial charge in [-0.15, -0.1) is 0 Å². The molecule has 0 saturated carbocycles. The van der Waals surface area contributed by atoms with Crippen LogP contribution in [0.3, 0.4) is 0 Å². The third-order valence-corrected chi connectivity index (χ3v) is 4.29. The number of aryl methyl sites for hydroxylation is 3. The average molecular weight is 337 g/mol. The molecule has 0 aliphatic rings. The third kappa shape index (κ3) is 3.14. The maximum Gasteiger partial charge on any atom is 0.357 e. The SMILES string of the molecule is CCCc1cc(C(=O)OCC)nc2c(-c3c(C)cccc3C)cnn12. The van der Waals surface area contributed by atoms with E-state index in [1.165, 1.54) is 0 Å². The molecule has 5 nitrogen and oxygen atoms in total. The first-order valence-electron chi connectivity index (χ1n) is 8.68. The summed E-state index contributed by atoms with van der Waals surface area (Å²) < 4.78 is 6.99. The van der Waals surface area contributed by atoms with E-state index in [4.69, 9.17) is 4.74 Å². The lowest BCUT2D eigenvalue weighted by Gasteiger charge is -2.10. The largest absolute Gasteiger partial charge is 0.461 e. The van der Waals surface area contributed by atoms with E-state index in [-0.39, 0.29) is 0 Å². The van der Waals surface area contributed by atoms with E-state index in [0.29, 0.717) is 17.9 Å². The molecule has 3 aromatic rings. The van der Waals surface area contributed by atoms with Gasteiger partial charge >= 0.3 is 5.97 Å². The Morgan fingerprint density at radius 1 is 1.20 bits per heavy atom. The molecule has 0 spiro atoms. The summed E-state index contributed by atoms with van der Waals surface area (Å²) in [6.07, 6.45) is 3.62. The lowest BCUT2D eigenvalue weighted by Crippen LogP contribution is -2.11. The maximum absolute atomic E-state index is 12.2. The van der Waals surface area contributed by atoms with Crippen molar-refractivity contribution >= 4 is 11.6 Å². The number of benzene rings is 1. The second-order valence-corrected chi connectivity index (χ2v) is 6.16. The van der Waals surface area contributed by atoms with Crippen molar-refractivity contribution in [3.8, 4) is 11.1 Å². The number of hydrogen-bond acceptors (Lipinski definition) is 4. The van der Waals surface area contributed by atoms with E-state index in [1.807, 2.05) is 16.8 Å². The molecule has 0 N–H and O–H groups in total. The lowest BCUT2D eigenvalue weighted by molar-refractivity contribution is 0.0519. The molecule has 0 saturated heterocycles. The highest BCUT2D eigenvalue weighted by atomic mass is 16.5. The monoisotopic (exact) mass is 337 g/mol. The Labute approximate surface area is 147 Å². The molecular formula is C20H23N3O2. The first-order chi connectivity index (χ1) is 12.1. The molecule has 0 aliphatic carbocycles. The van der Waals surface area contributed by atoms with Crippen molar-refractivity contribution in [3.63, 3.8) is 0 Å². The van der Waals surface area contributed by atoms with Crippen molar-refractivity contribution in [1.82, 2.24) is 14.6 Å². The van der Waals surface area contributed by atoms with E-state index in [2.05, 4.69) is 43.0 Å². The fraction of sp³-hybridized carbons (Fsp3) is 0.350. The van der Waals surface area contributed by atoms with Crippen molar-refractivity contribution in [1.29, 1.82) is 0 Å². The highest BCUT2D eigenvalue weighted by Gasteiger charge is 2.18. The van der Waals surface area contributed by atoms with E-state index in [9.17, 15) is 4.79 Å². The first-order valence-corrected chi connectivity index (χ1v) is 8.68. The number of ether oxygens (including phenoxy) is 1. The molecule has 5 heteroatoms. The summed E-state index contributed by atoms with van der Waals surface area (Å²) in [5.74, 6) is -0.393. The van der Waals surface area contributed by atoms with Crippen LogP contribution in [-0.4, -0.2) is 27.2 Å². The maximum atomic E-state index is 12.2. The summed E-state index contributed by atoms with van der Waals surface area (Å²) in [6, 6.07) is 7.98. The first kappa shape index (κ1) is 17.1. The van der Waals surface area contributed by atoms with Gasteiger partial charge in [0, 0.05) is 11.3 Å². The molecule has 0 atom stereocenters. The summed E-state index contributed by atoms with van der Waals surface area (Å²) in [6.45, 7) is 8.39. The lowest BCUT2D eigenvalue weighted by atomic mass is 9.98. The normalized spacial score (nSPS) is 11.0. The zero-order chi connectivity index (χ0) is 18.0. The Morgan fingerprint density at radius 2 is 1.92 bits per heavy atom. The van der Waals surface area contributed by atoms with Crippen LogP contribution in [-0.2, 0) is 11.2 Å². The van der Waals surface area contributed by atoms with Gasteiger partial charge in [0.15, 0.2) is 11.3 Å². The molecule has 0 amide bonds. The van der Waals surface area contributed by atoms with Gasteiger partial charge in [0.05, 0.1) is 12.8 Å². The Bertz CT molecular complexity index is 908. The van der Waals surface area contributed by atoms with Crippen LogP contribution in [0.5, 0.6) is 0 Å². The van der Waals surface area contributed by atoms with Crippen molar-refractivity contribution in [2.45, 2.75) is 40.5 Å². The summed E-state index contributed by atoms with van der Waals surface area (Å²) in [7, 11) is 0. The quantitative estimate of drug-likeness (QED) is 0.657. The number of fused-ring (bicyclic) bond motifs is 1. The van der Waals surface area contributed by atoms with Crippen molar-refractivity contribution in [2.24, 2.45) is 0 Å². The Balaban J connectivity index is 2.26. The van der Waals surface area contributed by atoms with Gasteiger partial charge in [0.1, 0.15) is 0 Å². The van der Waals surface area contributed by atoms with Gasteiger partial charge in [-0.2, -0.15) is 5.10 Å². The number of carbonyl (C=O) groups is 1. The minimum absolute atomic E-state index is 0.331. The van der Waals surface area contributed by atoms with Gasteiger partial charge in [-0.3, -0.25) is 0 Å². The highest BCUT2D eigenvalue weighted by Crippen LogP contribution is 2.30. The smallest absolute Gasteiger partial charge is 0.357 e. The predicted molar refractivity (Wildman–Crippen MR) is 97.8 cm³/mol. The van der Waals surface area contributed by atoms with Crippen LogP contribution in [0.2, 0.25) is 0 Å². The molecule has 0 fully saturated rings. The van der Waals surface area contributed by atoms with Crippen molar-refractivity contribution in [2.75, 3.05) is 6.61 Å². The Hall–Kier alpha value is -2.69. The van der Waals surface area contributed by atoms with Crippen LogP contribution in [0.15, 0.2) is 30.5 Å². The number of nitrogens with zero attached hydrogens (tertiary/aromatic N) is 3. The number of aromatic nitrogens is 3. The average Bonchev–Trinajstić information content (AvgIpc) is 2.99. The molecule has 0 aliphatic heterocycles. The summed E-state index contributed by atoms with van der Waals surface area (Å²) in [5, 5.41) is 4.54. The van der Waals surface area contributed by atoms with Crippen LogP contribution in [0, 0.1) is 13.8 Å². The number of esters is 1. The summed E-state index contributed by atoms with van der Waals surface area (Å²) in [5.41, 5.74) is 6.39. The topological polar surface area (TPSA) is 56.5 Å². The molecule has 2 aromatic heterocycles. The van der Waals surface area contributed by atoms with Gasteiger partial charge in [-0.1, -0.05) is 31.5 Å². The number of carbonyl (C=O) groups excluding carboxylic acids is 1. The van der Waals surface area contributed by atoms with E-state index in [1.54, 1.807) is 13.0 Å². The van der Waals surface area contributed by atoms with Crippen molar-refractivity contribution in [3.05, 3.63) is 53.0 Å². The summed E-state index contributed by atoms with van der Waals surface area (Å²) in [4.78, 5) is 16.8. The van der Waals surface area contributed by atoms with E-state index in [0.717, 1.165) is 40.8 Å². The second-order valence-electron chi connectivity index (χ2n) is 6.16. The van der Waals surface area contributed by atoms with Crippen LogP contribution in [0.25, 0.3) is 16.8 Å². The minimum Gasteiger partial charge on any atom is -0.461 e. The molecule has 3 rings (SSSR count). The van der Waals surface area contributed by atoms with Gasteiger partial charge < -0.3 is 4.74 Å². The van der Waals surface area contributed by atoms with E-state index >= 15 is 0 Å². The molecule has 0 radical (unpaired) electrons. The van der Waals surface area contributed by atoms with Gasteiger partial charge in [0.25, 0.3) is 0 Å². The fourth-order valence-corrected chi connectivity index (χ4v) is 3.18. The van der Waals surface area contributed by atoms with Gasteiger partial charge in [-0.25, -0.2) is 14.3 Å². The van der Waals surface area contributed by atoms with Crippen molar-refractivity contribution < 1.29 is 9.53 Å². The molecule has 0 bridgehead atoms. The molecule has 2 heterocycles.